The summed E-state index contributed by atoms with van der Waals surface area (Å²) in [5.74, 6) is 0.808. The molecular weight excluding hydrogens is 503 g/mol. The molecule has 2 aliphatic heterocycles. The molecule has 12 heteroatoms. The topological polar surface area (TPSA) is 100 Å². The quantitative estimate of drug-likeness (QED) is 0.499. The van der Waals surface area contributed by atoms with Crippen molar-refractivity contribution in [2.75, 3.05) is 19.8 Å². The maximum absolute atomic E-state index is 13.1. The second-order valence-corrected chi connectivity index (χ2v) is 10.0. The number of benzene rings is 1. The van der Waals surface area contributed by atoms with Gasteiger partial charge in [0.05, 0.1) is 36.6 Å². The predicted octanol–water partition coefficient (Wildman–Crippen LogP) is 3.58. The van der Waals surface area contributed by atoms with Gasteiger partial charge in [0, 0.05) is 37.0 Å². The van der Waals surface area contributed by atoms with Crippen molar-refractivity contribution >= 4 is 5.91 Å². The van der Waals surface area contributed by atoms with Gasteiger partial charge in [0.15, 0.2) is 5.69 Å². The number of aryl methyl sites for hydroxylation is 1. The van der Waals surface area contributed by atoms with Crippen molar-refractivity contribution in [2.24, 2.45) is 5.41 Å². The number of carbonyl (C=O) groups excluding carboxylic acids is 1. The third kappa shape index (κ3) is 4.92. The van der Waals surface area contributed by atoms with E-state index in [0.29, 0.717) is 31.9 Å². The first-order valence-electron chi connectivity index (χ1n) is 12.5. The van der Waals surface area contributed by atoms with Crippen LogP contribution in [0.3, 0.4) is 0 Å². The number of alkyl halides is 3. The molecule has 0 bridgehead atoms. The fourth-order valence-corrected chi connectivity index (χ4v) is 4.78. The summed E-state index contributed by atoms with van der Waals surface area (Å²) in [4.78, 5) is 21.4. The number of hydrogen-bond acceptors (Lipinski definition) is 7. The first kappa shape index (κ1) is 24.7. The van der Waals surface area contributed by atoms with Crippen LogP contribution in [0.15, 0.2) is 42.9 Å². The lowest BCUT2D eigenvalue weighted by molar-refractivity contribution is -0.203. The highest BCUT2D eigenvalue weighted by atomic mass is 19.4. The van der Waals surface area contributed by atoms with Gasteiger partial charge in [0.2, 0.25) is 5.88 Å². The lowest BCUT2D eigenvalue weighted by Gasteiger charge is -2.26. The molecule has 4 heterocycles. The SMILES string of the molecule is O=C(N[C@H]1COc2ccc(-c3cnccn3)cc2C1)c1cc2n(n1)CCC(COCC1(C(F)(F)F)CC1)O2. The first-order valence-corrected chi connectivity index (χ1v) is 12.5. The van der Waals surface area contributed by atoms with Gasteiger partial charge in [0.1, 0.15) is 18.5 Å². The van der Waals surface area contributed by atoms with E-state index >= 15 is 0 Å². The van der Waals surface area contributed by atoms with Gasteiger partial charge in [-0.1, -0.05) is 0 Å². The molecule has 1 unspecified atom stereocenters. The molecule has 1 amide bonds. The number of halogens is 3. The average Bonchev–Trinajstić information content (AvgIpc) is 3.60. The number of fused-ring (bicyclic) bond motifs is 2. The van der Waals surface area contributed by atoms with Crippen LogP contribution < -0.4 is 14.8 Å². The Kier molecular flexibility index (Phi) is 6.21. The van der Waals surface area contributed by atoms with Crippen LogP contribution in [0.1, 0.15) is 35.3 Å². The fraction of sp³-hybridized carbons (Fsp3) is 0.462. The lowest BCUT2D eigenvalue weighted by atomic mass is 9.99. The number of nitrogens with zero attached hydrogens (tertiary/aromatic N) is 4. The Morgan fingerprint density at radius 1 is 1.24 bits per heavy atom. The number of rotatable bonds is 7. The van der Waals surface area contributed by atoms with Crippen LogP contribution in [0.2, 0.25) is 0 Å². The predicted molar refractivity (Wildman–Crippen MR) is 128 cm³/mol. The van der Waals surface area contributed by atoms with Gasteiger partial charge in [0.25, 0.3) is 5.91 Å². The minimum Gasteiger partial charge on any atom is -0.491 e. The van der Waals surface area contributed by atoms with Crippen LogP contribution >= 0.6 is 0 Å². The molecule has 1 aliphatic carbocycles. The van der Waals surface area contributed by atoms with Crippen LogP contribution in [-0.4, -0.2) is 63.8 Å². The van der Waals surface area contributed by atoms with Crippen molar-refractivity contribution in [3.05, 3.63) is 54.1 Å². The number of amides is 1. The number of nitrogens with one attached hydrogen (secondary N) is 1. The first-order chi connectivity index (χ1) is 18.3. The van der Waals surface area contributed by atoms with E-state index in [1.54, 1.807) is 29.3 Å². The molecule has 2 aromatic heterocycles. The highest BCUT2D eigenvalue weighted by Crippen LogP contribution is 2.57. The van der Waals surface area contributed by atoms with Crippen molar-refractivity contribution in [1.29, 1.82) is 0 Å². The zero-order valence-corrected chi connectivity index (χ0v) is 20.4. The monoisotopic (exact) mass is 529 g/mol. The third-order valence-electron chi connectivity index (χ3n) is 7.22. The molecule has 9 nitrogen and oxygen atoms in total. The van der Waals surface area contributed by atoms with Crippen LogP contribution in [0.4, 0.5) is 13.2 Å². The summed E-state index contributed by atoms with van der Waals surface area (Å²) >= 11 is 0. The number of carbonyl (C=O) groups is 1. The summed E-state index contributed by atoms with van der Waals surface area (Å²) in [6.07, 6.45) is 1.61. The summed E-state index contributed by atoms with van der Waals surface area (Å²) in [6.45, 7) is 0.508. The molecular formula is C26H26F3N5O4. The van der Waals surface area contributed by atoms with Crippen molar-refractivity contribution in [2.45, 2.75) is 50.6 Å². The van der Waals surface area contributed by atoms with Crippen LogP contribution in [-0.2, 0) is 17.7 Å². The van der Waals surface area contributed by atoms with Gasteiger partial charge < -0.3 is 19.5 Å². The molecule has 0 saturated heterocycles. The summed E-state index contributed by atoms with van der Waals surface area (Å²) in [5, 5.41) is 7.32. The highest BCUT2D eigenvalue weighted by molar-refractivity contribution is 5.92. The molecule has 3 aliphatic rings. The largest absolute Gasteiger partial charge is 0.491 e. The molecule has 38 heavy (non-hydrogen) atoms. The Hall–Kier alpha value is -3.67. The Morgan fingerprint density at radius 2 is 2.11 bits per heavy atom. The third-order valence-corrected chi connectivity index (χ3v) is 7.22. The zero-order valence-electron chi connectivity index (χ0n) is 20.4. The van der Waals surface area contributed by atoms with Gasteiger partial charge in [-0.3, -0.25) is 14.8 Å². The Labute approximate surface area is 216 Å². The molecule has 200 valence electrons. The smallest absolute Gasteiger partial charge is 0.396 e. The highest BCUT2D eigenvalue weighted by Gasteiger charge is 2.63. The van der Waals surface area contributed by atoms with E-state index in [4.69, 9.17) is 14.2 Å². The van der Waals surface area contributed by atoms with E-state index in [9.17, 15) is 18.0 Å². The maximum Gasteiger partial charge on any atom is 0.396 e. The van der Waals surface area contributed by atoms with E-state index in [1.807, 2.05) is 18.2 Å². The van der Waals surface area contributed by atoms with Gasteiger partial charge in [-0.2, -0.15) is 18.3 Å². The molecule has 1 saturated carbocycles. The number of hydrogen-bond donors (Lipinski definition) is 1. The second kappa shape index (κ2) is 9.57. The molecule has 1 fully saturated rings. The van der Waals surface area contributed by atoms with Crippen LogP contribution in [0, 0.1) is 5.41 Å². The summed E-state index contributed by atoms with van der Waals surface area (Å²) in [5.41, 5.74) is 1.12. The van der Waals surface area contributed by atoms with Crippen molar-refractivity contribution in [1.82, 2.24) is 25.1 Å². The van der Waals surface area contributed by atoms with Gasteiger partial charge in [-0.15, -0.1) is 0 Å². The van der Waals surface area contributed by atoms with E-state index in [1.165, 1.54) is 0 Å². The Morgan fingerprint density at radius 3 is 2.87 bits per heavy atom. The summed E-state index contributed by atoms with van der Waals surface area (Å²) in [7, 11) is 0. The van der Waals surface area contributed by atoms with Gasteiger partial charge in [-0.05, 0) is 43.0 Å². The average molecular weight is 530 g/mol. The zero-order chi connectivity index (χ0) is 26.3. The minimum atomic E-state index is -4.24. The molecule has 1 aromatic carbocycles. The fourth-order valence-electron chi connectivity index (χ4n) is 4.78. The maximum atomic E-state index is 13.1. The normalized spacial score (nSPS) is 21.4. The minimum absolute atomic E-state index is 0.0555. The van der Waals surface area contributed by atoms with Crippen LogP contribution in [0.25, 0.3) is 11.3 Å². The molecule has 6 rings (SSSR count). The van der Waals surface area contributed by atoms with E-state index in [2.05, 4.69) is 20.4 Å². The van der Waals surface area contributed by atoms with Crippen molar-refractivity contribution in [3.63, 3.8) is 0 Å². The molecule has 0 spiro atoms. The second-order valence-electron chi connectivity index (χ2n) is 10.0. The van der Waals surface area contributed by atoms with Gasteiger partial charge >= 0.3 is 6.18 Å². The van der Waals surface area contributed by atoms with Gasteiger partial charge in [-0.25, -0.2) is 4.68 Å². The van der Waals surface area contributed by atoms with Crippen molar-refractivity contribution < 1.29 is 32.2 Å². The van der Waals surface area contributed by atoms with E-state index < -0.39 is 17.7 Å². The number of aromatic nitrogens is 4. The van der Waals surface area contributed by atoms with E-state index in [-0.39, 0.29) is 43.7 Å². The molecule has 0 radical (unpaired) electrons. The number of ether oxygens (including phenoxy) is 3. The van der Waals surface area contributed by atoms with Crippen LogP contribution in [0.5, 0.6) is 11.6 Å². The lowest BCUT2D eigenvalue weighted by Crippen LogP contribution is -2.42. The Bertz CT molecular complexity index is 1330. The molecule has 1 N–H and O–H groups in total. The molecule has 3 aromatic rings. The van der Waals surface area contributed by atoms with Crippen molar-refractivity contribution in [3.8, 4) is 22.9 Å². The summed E-state index contributed by atoms with van der Waals surface area (Å²) in [6, 6.07) is 7.10. The Balaban J connectivity index is 1.04. The standard InChI is InChI=1S/C26H26F3N5O4/c27-26(28,29)25(4-5-25)15-36-14-19-3-8-34-23(38-19)11-20(33-34)24(35)32-18-10-17-9-16(1-2-22(17)37-13-18)21-12-30-6-7-31-21/h1-2,6-7,9,11-12,18-19H,3-5,8,10,13-15H2,(H,32,35)/t18-,19?/m1/s1. The van der Waals surface area contributed by atoms with E-state index in [0.717, 1.165) is 22.6 Å². The summed E-state index contributed by atoms with van der Waals surface area (Å²) < 4.78 is 58.0. The molecule has 2 atom stereocenters.